The van der Waals surface area contributed by atoms with Gasteiger partial charge in [0.25, 0.3) is 0 Å². The normalized spacial score (nSPS) is 16.8. The fraction of sp³-hybridized carbons (Fsp3) is 0.316. The van der Waals surface area contributed by atoms with Gasteiger partial charge in [0.2, 0.25) is 5.91 Å². The molecule has 23 heavy (non-hydrogen) atoms. The zero-order chi connectivity index (χ0) is 16.2. The Labute approximate surface area is 136 Å². The molecule has 1 aliphatic rings. The number of fused-ring (bicyclic) bond motifs is 1. The topological polar surface area (TPSA) is 58.6 Å². The summed E-state index contributed by atoms with van der Waals surface area (Å²) in [7, 11) is 0. The number of carbonyl (C=O) groups is 1. The lowest BCUT2D eigenvalue weighted by Crippen LogP contribution is -2.29. The van der Waals surface area contributed by atoms with E-state index in [9.17, 15) is 9.90 Å². The van der Waals surface area contributed by atoms with E-state index in [0.717, 1.165) is 35.3 Å². The number of aromatic hydroxyl groups is 1. The Balaban J connectivity index is 1.71. The summed E-state index contributed by atoms with van der Waals surface area (Å²) in [5.41, 5.74) is 2.65. The average molecular weight is 311 g/mol. The Bertz CT molecular complexity index is 712. The van der Waals surface area contributed by atoms with Gasteiger partial charge in [-0.2, -0.15) is 0 Å². The molecule has 2 N–H and O–H groups in total. The predicted octanol–water partition coefficient (Wildman–Crippen LogP) is 3.27. The number of phenolic OH excluding ortho intramolecular Hbond substituents is 1. The average Bonchev–Trinajstić information content (AvgIpc) is 2.74. The highest BCUT2D eigenvalue weighted by Crippen LogP contribution is 2.31. The van der Waals surface area contributed by atoms with Crippen molar-refractivity contribution in [2.24, 2.45) is 0 Å². The molecule has 0 bridgehead atoms. The summed E-state index contributed by atoms with van der Waals surface area (Å²) >= 11 is 0. The molecule has 0 saturated heterocycles. The summed E-state index contributed by atoms with van der Waals surface area (Å²) in [6, 6.07) is 13.2. The SMILES string of the molecule is Cc1ccc(CC(=O)NC2CCCOc3ccccc32)cc1O. The number of benzene rings is 2. The van der Waals surface area contributed by atoms with Crippen LogP contribution in [0, 0.1) is 6.92 Å². The van der Waals surface area contributed by atoms with Gasteiger partial charge in [0, 0.05) is 5.56 Å². The molecule has 0 aromatic heterocycles. The van der Waals surface area contributed by atoms with Crippen LogP contribution in [0.5, 0.6) is 11.5 Å². The van der Waals surface area contributed by atoms with E-state index in [2.05, 4.69) is 5.32 Å². The molecule has 1 heterocycles. The van der Waals surface area contributed by atoms with Gasteiger partial charge in [0.15, 0.2) is 0 Å². The first kappa shape index (κ1) is 15.4. The second-order valence-electron chi connectivity index (χ2n) is 5.95. The van der Waals surface area contributed by atoms with Crippen molar-refractivity contribution in [2.75, 3.05) is 6.61 Å². The van der Waals surface area contributed by atoms with E-state index in [4.69, 9.17) is 4.74 Å². The van der Waals surface area contributed by atoms with Gasteiger partial charge in [0.05, 0.1) is 19.1 Å². The van der Waals surface area contributed by atoms with Gasteiger partial charge in [-0.05, 0) is 43.0 Å². The maximum atomic E-state index is 12.4. The Kier molecular flexibility index (Phi) is 4.51. The van der Waals surface area contributed by atoms with Gasteiger partial charge >= 0.3 is 0 Å². The third-order valence-corrected chi connectivity index (χ3v) is 4.16. The number of rotatable bonds is 3. The van der Waals surface area contributed by atoms with E-state index in [1.165, 1.54) is 0 Å². The second-order valence-corrected chi connectivity index (χ2v) is 5.95. The monoisotopic (exact) mass is 311 g/mol. The number of nitrogens with one attached hydrogen (secondary N) is 1. The van der Waals surface area contributed by atoms with Crippen LogP contribution in [0.1, 0.15) is 35.6 Å². The first-order valence-corrected chi connectivity index (χ1v) is 7.93. The molecule has 1 unspecified atom stereocenters. The molecule has 0 radical (unpaired) electrons. The van der Waals surface area contributed by atoms with Crippen LogP contribution in [0.3, 0.4) is 0 Å². The van der Waals surface area contributed by atoms with Crippen molar-refractivity contribution in [1.82, 2.24) is 5.32 Å². The first-order chi connectivity index (χ1) is 11.1. The Morgan fingerprint density at radius 2 is 2.13 bits per heavy atom. The molecule has 0 fully saturated rings. The van der Waals surface area contributed by atoms with Gasteiger partial charge in [-0.3, -0.25) is 4.79 Å². The molecule has 4 nitrogen and oxygen atoms in total. The van der Waals surface area contributed by atoms with E-state index < -0.39 is 0 Å². The molecule has 1 atom stereocenters. The van der Waals surface area contributed by atoms with Gasteiger partial charge in [0.1, 0.15) is 11.5 Å². The molecule has 2 aromatic rings. The minimum Gasteiger partial charge on any atom is -0.508 e. The van der Waals surface area contributed by atoms with Crippen molar-refractivity contribution in [2.45, 2.75) is 32.2 Å². The number of carbonyl (C=O) groups excluding carboxylic acids is 1. The summed E-state index contributed by atoms with van der Waals surface area (Å²) in [6.45, 7) is 2.51. The lowest BCUT2D eigenvalue weighted by atomic mass is 10.0. The lowest BCUT2D eigenvalue weighted by Gasteiger charge is -2.18. The van der Waals surface area contributed by atoms with Crippen molar-refractivity contribution in [3.8, 4) is 11.5 Å². The van der Waals surface area contributed by atoms with Crippen molar-refractivity contribution in [3.05, 3.63) is 59.2 Å². The fourth-order valence-corrected chi connectivity index (χ4v) is 2.87. The summed E-state index contributed by atoms with van der Waals surface area (Å²) < 4.78 is 5.72. The third-order valence-electron chi connectivity index (χ3n) is 4.16. The maximum absolute atomic E-state index is 12.4. The lowest BCUT2D eigenvalue weighted by molar-refractivity contribution is -0.121. The molecule has 1 aliphatic heterocycles. The molecular formula is C19H21NO3. The van der Waals surface area contributed by atoms with Crippen molar-refractivity contribution in [1.29, 1.82) is 0 Å². The number of ether oxygens (including phenoxy) is 1. The van der Waals surface area contributed by atoms with Crippen LogP contribution in [0.15, 0.2) is 42.5 Å². The summed E-state index contributed by atoms with van der Waals surface area (Å²) in [5.74, 6) is 1.03. The Morgan fingerprint density at radius 1 is 1.30 bits per heavy atom. The molecule has 0 spiro atoms. The summed E-state index contributed by atoms with van der Waals surface area (Å²) in [4.78, 5) is 12.4. The van der Waals surface area contributed by atoms with Crippen LogP contribution in [0.4, 0.5) is 0 Å². The highest BCUT2D eigenvalue weighted by molar-refractivity contribution is 5.79. The van der Waals surface area contributed by atoms with Crippen molar-refractivity contribution in [3.63, 3.8) is 0 Å². The Hall–Kier alpha value is -2.49. The van der Waals surface area contributed by atoms with E-state index in [1.54, 1.807) is 6.07 Å². The second kappa shape index (κ2) is 6.73. The number of aryl methyl sites for hydroxylation is 1. The number of hydrogen-bond acceptors (Lipinski definition) is 3. The third kappa shape index (κ3) is 3.65. The quantitative estimate of drug-likeness (QED) is 0.914. The largest absolute Gasteiger partial charge is 0.508 e. The molecule has 3 rings (SSSR count). The predicted molar refractivity (Wildman–Crippen MR) is 88.6 cm³/mol. The van der Waals surface area contributed by atoms with Gasteiger partial charge < -0.3 is 15.2 Å². The molecule has 4 heteroatoms. The highest BCUT2D eigenvalue weighted by atomic mass is 16.5. The van der Waals surface area contributed by atoms with Crippen molar-refractivity contribution < 1.29 is 14.6 Å². The first-order valence-electron chi connectivity index (χ1n) is 7.93. The Morgan fingerprint density at radius 3 is 2.96 bits per heavy atom. The summed E-state index contributed by atoms with van der Waals surface area (Å²) in [6.07, 6.45) is 2.03. The van der Waals surface area contributed by atoms with Gasteiger partial charge in [-0.25, -0.2) is 0 Å². The van der Waals surface area contributed by atoms with E-state index in [1.807, 2.05) is 43.3 Å². The van der Waals surface area contributed by atoms with Gasteiger partial charge in [-0.1, -0.05) is 30.3 Å². The maximum Gasteiger partial charge on any atom is 0.224 e. The summed E-state index contributed by atoms with van der Waals surface area (Å²) in [5, 5.41) is 12.9. The molecule has 2 aromatic carbocycles. The van der Waals surface area contributed by atoms with Crippen LogP contribution in [-0.2, 0) is 11.2 Å². The van der Waals surface area contributed by atoms with Crippen LogP contribution in [0.2, 0.25) is 0 Å². The number of hydrogen-bond donors (Lipinski definition) is 2. The number of para-hydroxylation sites is 1. The zero-order valence-electron chi connectivity index (χ0n) is 13.2. The smallest absolute Gasteiger partial charge is 0.224 e. The molecule has 0 saturated carbocycles. The van der Waals surface area contributed by atoms with Crippen LogP contribution < -0.4 is 10.1 Å². The van der Waals surface area contributed by atoms with Crippen LogP contribution in [-0.4, -0.2) is 17.6 Å². The molecular weight excluding hydrogens is 290 g/mol. The standard InChI is InChI=1S/C19H21NO3/c1-13-8-9-14(11-17(13)21)12-19(22)20-16-6-4-10-23-18-7-3-2-5-15(16)18/h2-3,5,7-9,11,16,21H,4,6,10,12H2,1H3,(H,20,22). The molecule has 1 amide bonds. The van der Waals surface area contributed by atoms with E-state index >= 15 is 0 Å². The molecule has 120 valence electrons. The van der Waals surface area contributed by atoms with Crippen molar-refractivity contribution >= 4 is 5.91 Å². The zero-order valence-corrected chi connectivity index (χ0v) is 13.2. The van der Waals surface area contributed by atoms with E-state index in [0.29, 0.717) is 6.61 Å². The minimum atomic E-state index is -0.0463. The number of amides is 1. The van der Waals surface area contributed by atoms with Gasteiger partial charge in [-0.15, -0.1) is 0 Å². The van der Waals surface area contributed by atoms with Crippen LogP contribution >= 0.6 is 0 Å². The van der Waals surface area contributed by atoms with Crippen LogP contribution in [0.25, 0.3) is 0 Å². The molecule has 0 aliphatic carbocycles. The fourth-order valence-electron chi connectivity index (χ4n) is 2.87. The van der Waals surface area contributed by atoms with E-state index in [-0.39, 0.29) is 24.1 Å². The highest BCUT2D eigenvalue weighted by Gasteiger charge is 2.21. The number of phenols is 1. The minimum absolute atomic E-state index is 0.0276.